The van der Waals surface area contributed by atoms with E-state index in [1.54, 1.807) is 0 Å². The van der Waals surface area contributed by atoms with E-state index in [1.165, 1.54) is 0 Å². The van der Waals surface area contributed by atoms with E-state index in [0.717, 1.165) is 36.7 Å². The summed E-state index contributed by atoms with van der Waals surface area (Å²) in [6.07, 6.45) is 1.85. The summed E-state index contributed by atoms with van der Waals surface area (Å²) >= 11 is 7.02. The second-order valence-electron chi connectivity index (χ2n) is 4.27. The lowest BCUT2D eigenvalue weighted by Gasteiger charge is -2.07. The molecule has 0 bridgehead atoms. The number of halogens is 2. The first kappa shape index (κ1) is 12.6. The lowest BCUT2D eigenvalue weighted by Crippen LogP contribution is -1.90. The van der Waals surface area contributed by atoms with Crippen molar-refractivity contribution in [3.8, 4) is 11.1 Å². The first-order chi connectivity index (χ1) is 9.15. The molecule has 0 unspecified atom stereocenters. The summed E-state index contributed by atoms with van der Waals surface area (Å²) in [4.78, 5) is 4.52. The Morgan fingerprint density at radius 1 is 1.00 bits per heavy atom. The molecule has 2 aromatic carbocycles. The van der Waals surface area contributed by atoms with Crippen LogP contribution in [-0.4, -0.2) is 4.98 Å². The Morgan fingerprint density at radius 2 is 1.79 bits per heavy atom. The maximum atomic E-state index is 6.01. The fraction of sp³-hybridized carbons (Fsp3) is 0. The lowest BCUT2D eigenvalue weighted by atomic mass is 10.0. The number of nitrogens with zero attached hydrogens (tertiary/aromatic N) is 1. The fourth-order valence-corrected chi connectivity index (χ4v) is 3.44. The van der Waals surface area contributed by atoms with E-state index in [2.05, 4.69) is 49.0 Å². The van der Waals surface area contributed by atoms with Gasteiger partial charge in [0.2, 0.25) is 0 Å². The Labute approximate surface area is 127 Å². The van der Waals surface area contributed by atoms with Crippen molar-refractivity contribution in [1.29, 1.82) is 0 Å². The molecule has 0 aliphatic heterocycles. The highest BCUT2D eigenvalue weighted by Crippen LogP contribution is 2.31. The van der Waals surface area contributed by atoms with Crippen LogP contribution >= 0.6 is 31.9 Å². The molecule has 4 heteroatoms. The number of anilines is 1. The average molecular weight is 378 g/mol. The van der Waals surface area contributed by atoms with E-state index in [-0.39, 0.29) is 0 Å². The number of benzene rings is 2. The largest absolute Gasteiger partial charge is 0.398 e. The minimum absolute atomic E-state index is 0.762. The van der Waals surface area contributed by atoms with Gasteiger partial charge in [0.25, 0.3) is 0 Å². The highest BCUT2D eigenvalue weighted by atomic mass is 79.9. The van der Waals surface area contributed by atoms with Crippen LogP contribution in [0.25, 0.3) is 22.0 Å². The Balaban J connectivity index is 2.25. The maximum absolute atomic E-state index is 6.01. The van der Waals surface area contributed by atoms with Crippen LogP contribution in [0, 0.1) is 0 Å². The molecule has 2 nitrogen and oxygen atoms in total. The van der Waals surface area contributed by atoms with E-state index in [0.29, 0.717) is 0 Å². The Kier molecular flexibility index (Phi) is 3.29. The third-order valence-corrected chi connectivity index (χ3v) is 4.04. The van der Waals surface area contributed by atoms with Crippen molar-refractivity contribution in [2.45, 2.75) is 0 Å². The minimum atomic E-state index is 0.762. The molecule has 0 saturated carbocycles. The highest BCUT2D eigenvalue weighted by molar-refractivity contribution is 9.11. The van der Waals surface area contributed by atoms with Crippen LogP contribution in [0.2, 0.25) is 0 Å². The molecule has 1 aromatic heterocycles. The molecule has 19 heavy (non-hydrogen) atoms. The SMILES string of the molecule is Nc1ccccc1-c1cnc2c(Br)cc(Br)cc2c1. The van der Waals surface area contributed by atoms with E-state index < -0.39 is 0 Å². The van der Waals surface area contributed by atoms with E-state index in [4.69, 9.17) is 5.73 Å². The average Bonchev–Trinajstić information content (AvgIpc) is 2.38. The van der Waals surface area contributed by atoms with Crippen LogP contribution in [0.15, 0.2) is 57.6 Å². The normalized spacial score (nSPS) is 10.8. The molecule has 3 aromatic rings. The number of nitrogens with two attached hydrogens (primary N) is 1. The molecule has 1 heterocycles. The maximum Gasteiger partial charge on any atom is 0.0845 e. The van der Waals surface area contributed by atoms with Crippen LogP contribution in [0.4, 0.5) is 5.69 Å². The zero-order chi connectivity index (χ0) is 13.4. The van der Waals surface area contributed by atoms with Gasteiger partial charge in [-0.3, -0.25) is 4.98 Å². The molecule has 0 amide bonds. The van der Waals surface area contributed by atoms with Crippen molar-refractivity contribution >= 4 is 48.5 Å². The Bertz CT molecular complexity index is 769. The van der Waals surface area contributed by atoms with Crippen molar-refractivity contribution in [3.05, 3.63) is 57.6 Å². The molecular formula is C15H10Br2N2. The van der Waals surface area contributed by atoms with Gasteiger partial charge < -0.3 is 5.73 Å². The third-order valence-electron chi connectivity index (χ3n) is 2.97. The summed E-state index contributed by atoms with van der Waals surface area (Å²) in [6, 6.07) is 14.0. The summed E-state index contributed by atoms with van der Waals surface area (Å²) in [7, 11) is 0. The van der Waals surface area contributed by atoms with Gasteiger partial charge in [-0.05, 0) is 40.2 Å². The van der Waals surface area contributed by atoms with E-state index >= 15 is 0 Å². The number of nitrogen functional groups attached to an aromatic ring is 1. The van der Waals surface area contributed by atoms with Gasteiger partial charge in [0.05, 0.1) is 5.52 Å². The van der Waals surface area contributed by atoms with Crippen molar-refractivity contribution < 1.29 is 0 Å². The molecular weight excluding hydrogens is 368 g/mol. The first-order valence-corrected chi connectivity index (χ1v) is 7.33. The number of hydrogen-bond acceptors (Lipinski definition) is 2. The molecule has 0 saturated heterocycles. The predicted octanol–water partition coefficient (Wildman–Crippen LogP) is 5.01. The molecule has 0 aliphatic rings. The quantitative estimate of drug-likeness (QED) is 0.605. The predicted molar refractivity (Wildman–Crippen MR) is 87.0 cm³/mol. The lowest BCUT2D eigenvalue weighted by molar-refractivity contribution is 1.39. The first-order valence-electron chi connectivity index (χ1n) is 5.75. The molecule has 94 valence electrons. The molecule has 3 rings (SSSR count). The van der Waals surface area contributed by atoms with E-state index in [1.807, 2.05) is 36.5 Å². The molecule has 2 N–H and O–H groups in total. The van der Waals surface area contributed by atoms with Gasteiger partial charge in [-0.15, -0.1) is 0 Å². The Hall–Kier alpha value is -1.39. The second kappa shape index (κ2) is 4.94. The number of fused-ring (bicyclic) bond motifs is 1. The van der Waals surface area contributed by atoms with Crippen molar-refractivity contribution in [3.63, 3.8) is 0 Å². The summed E-state index contributed by atoms with van der Waals surface area (Å²) in [5.74, 6) is 0. The van der Waals surface area contributed by atoms with Crippen LogP contribution in [0.3, 0.4) is 0 Å². The van der Waals surface area contributed by atoms with Gasteiger partial charge in [0.1, 0.15) is 0 Å². The second-order valence-corrected chi connectivity index (χ2v) is 6.04. The van der Waals surface area contributed by atoms with Crippen molar-refractivity contribution in [1.82, 2.24) is 4.98 Å². The van der Waals surface area contributed by atoms with Crippen LogP contribution in [0.5, 0.6) is 0 Å². The van der Waals surface area contributed by atoms with Gasteiger partial charge in [-0.1, -0.05) is 34.1 Å². The molecule has 0 aliphatic carbocycles. The zero-order valence-electron chi connectivity index (χ0n) is 9.90. The highest BCUT2D eigenvalue weighted by Gasteiger charge is 2.06. The molecule has 0 atom stereocenters. The van der Waals surface area contributed by atoms with E-state index in [9.17, 15) is 0 Å². The smallest absolute Gasteiger partial charge is 0.0845 e. The van der Waals surface area contributed by atoms with Crippen molar-refractivity contribution in [2.24, 2.45) is 0 Å². The van der Waals surface area contributed by atoms with Gasteiger partial charge in [0, 0.05) is 37.3 Å². The fourth-order valence-electron chi connectivity index (χ4n) is 2.08. The van der Waals surface area contributed by atoms with Crippen LogP contribution in [0.1, 0.15) is 0 Å². The monoisotopic (exact) mass is 376 g/mol. The zero-order valence-corrected chi connectivity index (χ0v) is 13.1. The topological polar surface area (TPSA) is 38.9 Å². The molecule has 0 spiro atoms. The summed E-state index contributed by atoms with van der Waals surface area (Å²) in [6.45, 7) is 0. The number of para-hydroxylation sites is 1. The summed E-state index contributed by atoms with van der Waals surface area (Å²) in [5.41, 5.74) is 9.75. The minimum Gasteiger partial charge on any atom is -0.398 e. The summed E-state index contributed by atoms with van der Waals surface area (Å²) in [5, 5.41) is 1.07. The van der Waals surface area contributed by atoms with Gasteiger partial charge >= 0.3 is 0 Å². The number of rotatable bonds is 1. The number of aromatic nitrogens is 1. The summed E-state index contributed by atoms with van der Waals surface area (Å²) < 4.78 is 2.00. The standard InChI is InChI=1S/C15H10Br2N2/c16-11-6-9-5-10(8-19-15(9)13(17)7-11)12-3-1-2-4-14(12)18/h1-8H,18H2. The van der Waals surface area contributed by atoms with Gasteiger partial charge in [0.15, 0.2) is 0 Å². The Morgan fingerprint density at radius 3 is 2.58 bits per heavy atom. The van der Waals surface area contributed by atoms with Gasteiger partial charge in [-0.2, -0.15) is 0 Å². The van der Waals surface area contributed by atoms with Crippen LogP contribution in [-0.2, 0) is 0 Å². The third kappa shape index (κ3) is 2.38. The van der Waals surface area contributed by atoms with Gasteiger partial charge in [-0.25, -0.2) is 0 Å². The molecule has 0 radical (unpaired) electrons. The van der Waals surface area contributed by atoms with Crippen LogP contribution < -0.4 is 5.73 Å². The number of hydrogen-bond donors (Lipinski definition) is 1. The van der Waals surface area contributed by atoms with Crippen molar-refractivity contribution in [2.75, 3.05) is 5.73 Å². The molecule has 0 fully saturated rings. The number of pyridine rings is 1.